The second-order valence-electron chi connectivity index (χ2n) is 8.03. The van der Waals surface area contributed by atoms with Crippen molar-refractivity contribution in [2.24, 2.45) is 18.8 Å². The summed E-state index contributed by atoms with van der Waals surface area (Å²) in [5, 5.41) is 7.60. The van der Waals surface area contributed by atoms with Gasteiger partial charge in [0, 0.05) is 53.1 Å². The van der Waals surface area contributed by atoms with Crippen LogP contribution in [0.3, 0.4) is 0 Å². The fourth-order valence-electron chi connectivity index (χ4n) is 4.53. The van der Waals surface area contributed by atoms with Crippen molar-refractivity contribution < 1.29 is 13.2 Å². The molecule has 2 fully saturated rings. The minimum Gasteiger partial charge on any atom is -0.424 e. The Kier molecular flexibility index (Phi) is 4.29. The van der Waals surface area contributed by atoms with Crippen LogP contribution in [0, 0.1) is 24.6 Å². The molecule has 2 bridgehead atoms. The van der Waals surface area contributed by atoms with Crippen LogP contribution in [0.25, 0.3) is 0 Å². The van der Waals surface area contributed by atoms with Crippen molar-refractivity contribution in [3.05, 3.63) is 47.1 Å². The second-order valence-corrected chi connectivity index (χ2v) is 8.46. The molecule has 1 aliphatic heterocycles. The van der Waals surface area contributed by atoms with Crippen LogP contribution in [0.5, 0.6) is 11.8 Å². The molecule has 1 aliphatic carbocycles. The predicted molar refractivity (Wildman–Crippen MR) is 115 cm³/mol. The molecule has 1 saturated carbocycles. The predicted octanol–water partition coefficient (Wildman–Crippen LogP) is 3.83. The monoisotopic (exact) mass is 446 g/mol. The second kappa shape index (κ2) is 7.96. The van der Waals surface area contributed by atoms with Gasteiger partial charge in [-0.1, -0.05) is 11.6 Å². The average molecular weight is 447 g/mol. The van der Waals surface area contributed by atoms with E-state index in [0.717, 1.165) is 54.3 Å². The van der Waals surface area contributed by atoms with Crippen LogP contribution in [0.1, 0.15) is 22.6 Å². The molecule has 3 atom stereocenters. The topological polar surface area (TPSA) is 81.0 Å². The highest BCUT2D eigenvalue weighted by atomic mass is 35.5. The van der Waals surface area contributed by atoms with Crippen molar-refractivity contribution in [2.45, 2.75) is 25.8 Å². The third-order valence-electron chi connectivity index (χ3n) is 5.87. The van der Waals surface area contributed by atoms with Gasteiger partial charge in [-0.3, -0.25) is 0 Å². The van der Waals surface area contributed by atoms with Crippen LogP contribution >= 0.6 is 11.6 Å². The van der Waals surface area contributed by atoms with Gasteiger partial charge in [-0.15, -0.1) is 5.10 Å². The summed E-state index contributed by atoms with van der Waals surface area (Å²) in [5.74, 6) is 1.13. The number of anilines is 2. The van der Waals surface area contributed by atoms with Crippen molar-refractivity contribution in [2.75, 3.05) is 23.3 Å². The first-order valence-corrected chi connectivity index (χ1v) is 10.4. The molecule has 0 unspecified atom stereocenters. The van der Waals surface area contributed by atoms with E-state index in [2.05, 4.69) is 30.3 Å². The van der Waals surface area contributed by atoms with E-state index in [9.17, 15) is 4.39 Å². The van der Waals surface area contributed by atoms with Crippen molar-refractivity contribution in [1.82, 2.24) is 24.7 Å². The van der Waals surface area contributed by atoms with E-state index in [-0.39, 0.29) is 28.8 Å². The molecule has 3 heterocycles. The van der Waals surface area contributed by atoms with Crippen LogP contribution < -0.4 is 15.0 Å². The number of nitrogens with one attached hydrogen (secondary N) is 1. The number of ether oxygens (including phenoxy) is 1. The number of rotatable bonds is 5. The molecule has 1 N–H and O–H groups in total. The number of hydrogen-bond donors (Lipinski definition) is 1. The SMILES string of the molecule is [2H]C([2H])([2H])n1nc(N[C@@H]2[C@@H]3CC[C@H]2CN(c2cc(C)ncn2)C3)nc1Oc1cc(F)cc(Cl)c1. The zero-order chi connectivity index (χ0) is 24.0. The highest BCUT2D eigenvalue weighted by Gasteiger charge is 2.43. The van der Waals surface area contributed by atoms with Gasteiger partial charge >= 0.3 is 6.01 Å². The van der Waals surface area contributed by atoms with E-state index in [0.29, 0.717) is 11.8 Å². The highest BCUT2D eigenvalue weighted by Crippen LogP contribution is 2.39. The summed E-state index contributed by atoms with van der Waals surface area (Å²) in [6, 6.07) is 5.40. The summed E-state index contributed by atoms with van der Waals surface area (Å²) < 4.78 is 43.4. The Bertz CT molecular complexity index is 1170. The number of nitrogens with zero attached hydrogens (tertiary/aromatic N) is 6. The normalized spacial score (nSPS) is 24.4. The van der Waals surface area contributed by atoms with E-state index < -0.39 is 12.8 Å². The summed E-state index contributed by atoms with van der Waals surface area (Å²) in [5.41, 5.74) is 0.920. The molecule has 0 amide bonds. The Morgan fingerprint density at radius 1 is 1.19 bits per heavy atom. The number of aromatic nitrogens is 5. The first-order chi connectivity index (χ1) is 16.2. The Morgan fingerprint density at radius 3 is 2.71 bits per heavy atom. The van der Waals surface area contributed by atoms with Gasteiger partial charge in [0.05, 0.1) is 0 Å². The first kappa shape index (κ1) is 16.7. The fraction of sp³-hybridized carbons (Fsp3) is 0.429. The van der Waals surface area contributed by atoms with E-state index in [1.54, 1.807) is 6.33 Å². The van der Waals surface area contributed by atoms with Crippen LogP contribution in [0.2, 0.25) is 5.02 Å². The van der Waals surface area contributed by atoms with Crippen molar-refractivity contribution in [3.8, 4) is 11.8 Å². The largest absolute Gasteiger partial charge is 0.424 e. The molecule has 10 heteroatoms. The minimum atomic E-state index is -2.63. The van der Waals surface area contributed by atoms with Gasteiger partial charge in [0.2, 0.25) is 5.95 Å². The summed E-state index contributed by atoms with van der Waals surface area (Å²) in [6.45, 7) is 0.941. The fourth-order valence-corrected chi connectivity index (χ4v) is 4.74. The van der Waals surface area contributed by atoms with Crippen molar-refractivity contribution in [3.63, 3.8) is 0 Å². The van der Waals surface area contributed by atoms with Gasteiger partial charge in [-0.2, -0.15) is 4.98 Å². The molecular formula is C21H23ClFN7O. The van der Waals surface area contributed by atoms with E-state index in [1.807, 2.05) is 13.0 Å². The lowest BCUT2D eigenvalue weighted by molar-refractivity contribution is 0.374. The molecule has 5 rings (SSSR count). The average Bonchev–Trinajstić information content (AvgIpc) is 3.23. The van der Waals surface area contributed by atoms with Crippen LogP contribution in [-0.4, -0.2) is 43.9 Å². The number of halogens is 2. The van der Waals surface area contributed by atoms with Crippen LogP contribution in [0.15, 0.2) is 30.6 Å². The zero-order valence-corrected chi connectivity index (χ0v) is 17.6. The molecule has 0 radical (unpaired) electrons. The lowest BCUT2D eigenvalue weighted by Gasteiger charge is -2.38. The Labute approximate surface area is 188 Å². The molecule has 0 spiro atoms. The van der Waals surface area contributed by atoms with Gasteiger partial charge in [0.1, 0.15) is 23.7 Å². The first-order valence-electron chi connectivity index (χ1n) is 11.6. The number of aryl methyl sites for hydroxylation is 2. The molecule has 1 saturated heterocycles. The lowest BCUT2D eigenvalue weighted by Crippen LogP contribution is -2.48. The quantitative estimate of drug-likeness (QED) is 0.637. The van der Waals surface area contributed by atoms with Gasteiger partial charge in [0.25, 0.3) is 0 Å². The third kappa shape index (κ3) is 4.14. The van der Waals surface area contributed by atoms with E-state index in [1.165, 1.54) is 6.07 Å². The van der Waals surface area contributed by atoms with Gasteiger partial charge in [0.15, 0.2) is 0 Å². The molecule has 162 valence electrons. The van der Waals surface area contributed by atoms with Crippen LogP contribution in [-0.2, 0) is 6.98 Å². The Hall–Kier alpha value is -2.94. The molecule has 3 aromatic rings. The maximum Gasteiger partial charge on any atom is 0.321 e. The zero-order valence-electron chi connectivity index (χ0n) is 19.8. The van der Waals surface area contributed by atoms with Gasteiger partial charge in [-0.05, 0) is 43.7 Å². The number of fused-ring (bicyclic) bond motifs is 2. The molecular weight excluding hydrogens is 421 g/mol. The summed E-state index contributed by atoms with van der Waals surface area (Å²) in [6.07, 6.45) is 3.65. The standard InChI is InChI=1S/C21H23ClFN7O/c1-12-5-18(25-11-24-12)30-9-13-3-4-14(10-30)19(13)26-20-27-21(29(2)28-20)31-17-7-15(22)6-16(23)8-17/h5-8,11,13-14,19H,3-4,9-10H2,1-2H3,(H,26,28)/t13-,14+,19-/i2D3. The Morgan fingerprint density at radius 2 is 2.00 bits per heavy atom. The highest BCUT2D eigenvalue weighted by molar-refractivity contribution is 6.30. The van der Waals surface area contributed by atoms with Gasteiger partial charge in [-0.25, -0.2) is 19.0 Å². The van der Waals surface area contributed by atoms with E-state index >= 15 is 0 Å². The maximum absolute atomic E-state index is 13.7. The number of piperidine rings is 1. The lowest BCUT2D eigenvalue weighted by atomic mass is 9.92. The Balaban J connectivity index is 1.36. The smallest absolute Gasteiger partial charge is 0.321 e. The summed E-state index contributed by atoms with van der Waals surface area (Å²) >= 11 is 5.89. The molecule has 8 nitrogen and oxygen atoms in total. The van der Waals surface area contributed by atoms with Gasteiger partial charge < -0.3 is 15.0 Å². The number of hydrogen-bond acceptors (Lipinski definition) is 7. The molecule has 31 heavy (non-hydrogen) atoms. The molecule has 2 aliphatic rings. The number of benzene rings is 1. The van der Waals surface area contributed by atoms with Crippen molar-refractivity contribution in [1.29, 1.82) is 0 Å². The van der Waals surface area contributed by atoms with Crippen LogP contribution in [0.4, 0.5) is 16.2 Å². The van der Waals surface area contributed by atoms with E-state index in [4.69, 9.17) is 20.5 Å². The minimum absolute atomic E-state index is 0.0305. The summed E-state index contributed by atoms with van der Waals surface area (Å²) in [7, 11) is 0. The van der Waals surface area contributed by atoms with Crippen molar-refractivity contribution >= 4 is 23.4 Å². The summed E-state index contributed by atoms with van der Waals surface area (Å²) in [4.78, 5) is 15.1. The molecule has 2 aromatic heterocycles. The maximum atomic E-state index is 13.7. The third-order valence-corrected chi connectivity index (χ3v) is 6.08. The molecule has 1 aromatic carbocycles.